The van der Waals surface area contributed by atoms with E-state index >= 15 is 0 Å². The van der Waals surface area contributed by atoms with Crippen molar-refractivity contribution in [2.24, 2.45) is 11.7 Å². The molecule has 2 fully saturated rings. The standard InChI is InChI=1S/C13H24N2O2/c14-9-11-5-8-15(10-11)13(12(16)17)6-3-1-2-4-7-13/h11H,1-10,14H2,(H,16,17). The summed E-state index contributed by atoms with van der Waals surface area (Å²) in [5.41, 5.74) is 5.12. The molecule has 98 valence electrons. The maximum Gasteiger partial charge on any atom is 0.324 e. The van der Waals surface area contributed by atoms with Gasteiger partial charge in [-0.2, -0.15) is 0 Å². The van der Waals surface area contributed by atoms with Gasteiger partial charge in [-0.1, -0.05) is 25.7 Å². The number of aliphatic carboxylic acids is 1. The van der Waals surface area contributed by atoms with Crippen LogP contribution in [0, 0.1) is 5.92 Å². The van der Waals surface area contributed by atoms with Crippen molar-refractivity contribution < 1.29 is 9.90 Å². The van der Waals surface area contributed by atoms with Crippen LogP contribution in [-0.4, -0.2) is 41.1 Å². The van der Waals surface area contributed by atoms with E-state index in [0.29, 0.717) is 12.5 Å². The topological polar surface area (TPSA) is 66.6 Å². The van der Waals surface area contributed by atoms with Crippen LogP contribution < -0.4 is 5.73 Å². The summed E-state index contributed by atoms with van der Waals surface area (Å²) >= 11 is 0. The summed E-state index contributed by atoms with van der Waals surface area (Å²) in [6.45, 7) is 2.48. The average Bonchev–Trinajstić information content (AvgIpc) is 2.66. The van der Waals surface area contributed by atoms with Crippen molar-refractivity contribution in [3.8, 4) is 0 Å². The zero-order chi connectivity index (χ0) is 12.3. The molecule has 0 aromatic rings. The minimum absolute atomic E-state index is 0.495. The van der Waals surface area contributed by atoms with Gasteiger partial charge in [-0.25, -0.2) is 0 Å². The number of carbonyl (C=O) groups is 1. The highest BCUT2D eigenvalue weighted by molar-refractivity contribution is 5.79. The van der Waals surface area contributed by atoms with Crippen LogP contribution in [0.15, 0.2) is 0 Å². The minimum Gasteiger partial charge on any atom is -0.480 e. The first kappa shape index (κ1) is 12.8. The van der Waals surface area contributed by atoms with Crippen LogP contribution in [0.4, 0.5) is 0 Å². The predicted molar refractivity (Wildman–Crippen MR) is 66.8 cm³/mol. The van der Waals surface area contributed by atoms with Crippen LogP contribution >= 0.6 is 0 Å². The number of likely N-dealkylation sites (tertiary alicyclic amines) is 1. The van der Waals surface area contributed by atoms with Crippen molar-refractivity contribution in [3.63, 3.8) is 0 Å². The molecule has 1 aliphatic heterocycles. The van der Waals surface area contributed by atoms with Gasteiger partial charge in [0.25, 0.3) is 0 Å². The van der Waals surface area contributed by atoms with E-state index in [1.165, 1.54) is 12.8 Å². The third-order valence-corrected chi connectivity index (χ3v) is 4.55. The van der Waals surface area contributed by atoms with Crippen LogP contribution in [0.2, 0.25) is 0 Å². The third-order valence-electron chi connectivity index (χ3n) is 4.55. The molecule has 0 aromatic heterocycles. The quantitative estimate of drug-likeness (QED) is 0.733. The van der Waals surface area contributed by atoms with Crippen molar-refractivity contribution in [1.82, 2.24) is 4.90 Å². The fourth-order valence-electron chi connectivity index (χ4n) is 3.39. The highest BCUT2D eigenvalue weighted by atomic mass is 16.4. The largest absolute Gasteiger partial charge is 0.480 e. The Morgan fingerprint density at radius 1 is 1.29 bits per heavy atom. The first-order valence-electron chi connectivity index (χ1n) is 6.87. The van der Waals surface area contributed by atoms with Gasteiger partial charge in [-0.05, 0) is 38.3 Å². The highest BCUT2D eigenvalue weighted by Crippen LogP contribution is 2.36. The summed E-state index contributed by atoms with van der Waals surface area (Å²) < 4.78 is 0. The van der Waals surface area contributed by atoms with Gasteiger partial charge in [0.05, 0.1) is 0 Å². The maximum atomic E-state index is 11.7. The van der Waals surface area contributed by atoms with Crippen LogP contribution in [0.5, 0.6) is 0 Å². The number of nitrogens with two attached hydrogens (primary N) is 1. The Bertz CT molecular complexity index is 273. The van der Waals surface area contributed by atoms with Gasteiger partial charge in [0.2, 0.25) is 0 Å². The van der Waals surface area contributed by atoms with E-state index in [4.69, 9.17) is 5.73 Å². The SMILES string of the molecule is NCC1CCN(C2(C(=O)O)CCCCCC2)C1. The van der Waals surface area contributed by atoms with Gasteiger partial charge in [0.15, 0.2) is 0 Å². The molecule has 4 heteroatoms. The lowest BCUT2D eigenvalue weighted by Gasteiger charge is -2.37. The maximum absolute atomic E-state index is 11.7. The van der Waals surface area contributed by atoms with E-state index in [0.717, 1.165) is 45.2 Å². The monoisotopic (exact) mass is 240 g/mol. The van der Waals surface area contributed by atoms with Crippen molar-refractivity contribution in [3.05, 3.63) is 0 Å². The summed E-state index contributed by atoms with van der Waals surface area (Å²) in [4.78, 5) is 13.9. The normalized spacial score (nSPS) is 30.1. The number of carboxylic acid groups (broad SMARTS) is 1. The number of nitrogens with zero attached hydrogens (tertiary/aromatic N) is 1. The molecule has 1 heterocycles. The number of hydrogen-bond donors (Lipinski definition) is 2. The molecule has 0 amide bonds. The molecule has 0 spiro atoms. The fourth-order valence-corrected chi connectivity index (χ4v) is 3.39. The fraction of sp³-hybridized carbons (Fsp3) is 0.923. The molecule has 1 saturated heterocycles. The molecular formula is C13H24N2O2. The van der Waals surface area contributed by atoms with Gasteiger partial charge in [0, 0.05) is 6.54 Å². The van der Waals surface area contributed by atoms with Crippen LogP contribution in [0.3, 0.4) is 0 Å². The lowest BCUT2D eigenvalue weighted by atomic mass is 9.88. The van der Waals surface area contributed by atoms with Crippen molar-refractivity contribution >= 4 is 5.97 Å². The summed E-state index contributed by atoms with van der Waals surface area (Å²) in [6.07, 6.45) is 7.17. The summed E-state index contributed by atoms with van der Waals surface area (Å²) in [6, 6.07) is 0. The van der Waals surface area contributed by atoms with Crippen LogP contribution in [-0.2, 0) is 4.79 Å². The summed E-state index contributed by atoms with van der Waals surface area (Å²) in [7, 11) is 0. The molecule has 0 radical (unpaired) electrons. The Labute approximate surface area is 103 Å². The molecular weight excluding hydrogens is 216 g/mol. The number of hydrogen-bond acceptors (Lipinski definition) is 3. The molecule has 0 bridgehead atoms. The van der Waals surface area contributed by atoms with Crippen molar-refractivity contribution in [1.29, 1.82) is 0 Å². The first-order valence-corrected chi connectivity index (χ1v) is 6.87. The molecule has 0 aromatic carbocycles. The molecule has 1 aliphatic carbocycles. The Morgan fingerprint density at radius 2 is 1.94 bits per heavy atom. The first-order chi connectivity index (χ1) is 8.19. The Balaban J connectivity index is 2.13. The second-order valence-corrected chi connectivity index (χ2v) is 5.59. The Hall–Kier alpha value is -0.610. The lowest BCUT2D eigenvalue weighted by Crippen LogP contribution is -2.53. The second kappa shape index (κ2) is 5.36. The predicted octanol–water partition coefficient (Wildman–Crippen LogP) is 1.44. The number of rotatable bonds is 3. The van der Waals surface area contributed by atoms with Gasteiger partial charge < -0.3 is 10.8 Å². The molecule has 1 atom stereocenters. The smallest absolute Gasteiger partial charge is 0.324 e. The van der Waals surface area contributed by atoms with E-state index in [1.54, 1.807) is 0 Å². The molecule has 2 rings (SSSR count). The van der Waals surface area contributed by atoms with E-state index in [2.05, 4.69) is 4.90 Å². The van der Waals surface area contributed by atoms with E-state index in [1.807, 2.05) is 0 Å². The zero-order valence-corrected chi connectivity index (χ0v) is 10.5. The second-order valence-electron chi connectivity index (χ2n) is 5.59. The van der Waals surface area contributed by atoms with Crippen LogP contribution in [0.25, 0.3) is 0 Å². The van der Waals surface area contributed by atoms with E-state index in [-0.39, 0.29) is 0 Å². The molecule has 1 saturated carbocycles. The summed E-state index contributed by atoms with van der Waals surface area (Å²) in [5.74, 6) is -0.119. The van der Waals surface area contributed by atoms with Gasteiger partial charge in [0.1, 0.15) is 5.54 Å². The molecule has 2 aliphatic rings. The lowest BCUT2D eigenvalue weighted by molar-refractivity contribution is -0.152. The molecule has 1 unspecified atom stereocenters. The van der Waals surface area contributed by atoms with E-state index in [9.17, 15) is 9.90 Å². The Morgan fingerprint density at radius 3 is 2.41 bits per heavy atom. The number of carboxylic acids is 1. The van der Waals surface area contributed by atoms with Gasteiger partial charge in [-0.3, -0.25) is 9.69 Å². The highest BCUT2D eigenvalue weighted by Gasteiger charge is 2.46. The van der Waals surface area contributed by atoms with Gasteiger partial charge in [-0.15, -0.1) is 0 Å². The molecule has 4 nitrogen and oxygen atoms in total. The minimum atomic E-state index is -0.614. The van der Waals surface area contributed by atoms with Gasteiger partial charge >= 0.3 is 5.97 Å². The van der Waals surface area contributed by atoms with E-state index < -0.39 is 11.5 Å². The Kier molecular flexibility index (Phi) is 4.05. The third kappa shape index (κ3) is 2.47. The average molecular weight is 240 g/mol. The van der Waals surface area contributed by atoms with Crippen molar-refractivity contribution in [2.75, 3.05) is 19.6 Å². The molecule has 17 heavy (non-hydrogen) atoms. The van der Waals surface area contributed by atoms with Crippen LogP contribution in [0.1, 0.15) is 44.9 Å². The van der Waals surface area contributed by atoms with Crippen molar-refractivity contribution in [2.45, 2.75) is 50.5 Å². The molecule has 3 N–H and O–H groups in total. The summed E-state index contributed by atoms with van der Waals surface area (Å²) in [5, 5.41) is 9.66. The zero-order valence-electron chi connectivity index (χ0n) is 10.5.